The first kappa shape index (κ1) is 17.3. The normalized spacial score (nSPS) is 15.4. The number of likely N-dealkylation sites (tertiary alicyclic amines) is 1. The van der Waals surface area contributed by atoms with Crippen LogP contribution in [0, 0.1) is 12.8 Å². The maximum Gasteiger partial charge on any atom is 0.242 e. The van der Waals surface area contributed by atoms with Crippen molar-refractivity contribution in [1.29, 1.82) is 0 Å². The number of rotatable bonds is 4. The lowest BCUT2D eigenvalue weighted by Crippen LogP contribution is -2.45. The van der Waals surface area contributed by atoms with Gasteiger partial charge >= 0.3 is 0 Å². The first-order valence-electron chi connectivity index (χ1n) is 8.13. The van der Waals surface area contributed by atoms with E-state index in [4.69, 9.17) is 4.74 Å². The fourth-order valence-electron chi connectivity index (χ4n) is 2.87. The van der Waals surface area contributed by atoms with E-state index in [0.29, 0.717) is 17.4 Å². The van der Waals surface area contributed by atoms with Crippen LogP contribution in [0.3, 0.4) is 0 Å². The van der Waals surface area contributed by atoms with Crippen LogP contribution in [0.5, 0.6) is 5.75 Å². The predicted octanol–water partition coefficient (Wildman–Crippen LogP) is 2.62. The molecular formula is C18H26N2O3. The van der Waals surface area contributed by atoms with Gasteiger partial charge in [-0.15, -0.1) is 0 Å². The zero-order chi connectivity index (χ0) is 17.0. The second-order valence-electron chi connectivity index (χ2n) is 6.34. The summed E-state index contributed by atoms with van der Waals surface area (Å²) >= 11 is 0. The number of methoxy groups -OCH3 is 1. The highest BCUT2D eigenvalue weighted by molar-refractivity contribution is 5.98. The van der Waals surface area contributed by atoms with E-state index in [-0.39, 0.29) is 18.4 Å². The van der Waals surface area contributed by atoms with Crippen LogP contribution in [-0.2, 0) is 9.59 Å². The summed E-state index contributed by atoms with van der Waals surface area (Å²) in [6.07, 6.45) is 2.05. The third-order valence-electron chi connectivity index (χ3n) is 4.43. The summed E-state index contributed by atoms with van der Waals surface area (Å²) < 4.78 is 5.35. The molecule has 5 heteroatoms. The molecule has 2 amide bonds. The van der Waals surface area contributed by atoms with Crippen LogP contribution < -0.4 is 9.64 Å². The Labute approximate surface area is 138 Å². The van der Waals surface area contributed by atoms with Crippen molar-refractivity contribution in [2.45, 2.75) is 33.6 Å². The lowest BCUT2D eigenvalue weighted by molar-refractivity contribution is -0.132. The average Bonchev–Trinajstić information content (AvgIpc) is 2.52. The molecule has 0 bridgehead atoms. The van der Waals surface area contributed by atoms with E-state index in [0.717, 1.165) is 31.5 Å². The van der Waals surface area contributed by atoms with Crippen molar-refractivity contribution in [1.82, 2.24) is 4.90 Å². The summed E-state index contributed by atoms with van der Waals surface area (Å²) in [5.74, 6) is 1.11. The van der Waals surface area contributed by atoms with Gasteiger partial charge in [-0.25, -0.2) is 0 Å². The van der Waals surface area contributed by atoms with E-state index < -0.39 is 0 Å². The van der Waals surface area contributed by atoms with Crippen molar-refractivity contribution in [3.05, 3.63) is 23.8 Å². The highest BCUT2D eigenvalue weighted by Gasteiger charge is 2.25. The van der Waals surface area contributed by atoms with Crippen molar-refractivity contribution >= 4 is 17.5 Å². The van der Waals surface area contributed by atoms with E-state index in [1.54, 1.807) is 7.11 Å². The van der Waals surface area contributed by atoms with Crippen LogP contribution in [-0.4, -0.2) is 43.5 Å². The van der Waals surface area contributed by atoms with Gasteiger partial charge in [0.2, 0.25) is 11.8 Å². The Morgan fingerprint density at radius 1 is 1.30 bits per heavy atom. The summed E-state index contributed by atoms with van der Waals surface area (Å²) in [4.78, 5) is 28.0. The number of piperidine rings is 1. The fraction of sp³-hybridized carbons (Fsp3) is 0.556. The minimum absolute atomic E-state index is 0.00402. The van der Waals surface area contributed by atoms with E-state index in [1.165, 1.54) is 11.8 Å². The van der Waals surface area contributed by atoms with Crippen molar-refractivity contribution in [2.24, 2.45) is 5.92 Å². The monoisotopic (exact) mass is 318 g/mol. The smallest absolute Gasteiger partial charge is 0.242 e. The van der Waals surface area contributed by atoms with Gasteiger partial charge in [-0.3, -0.25) is 14.5 Å². The maximum atomic E-state index is 12.6. The van der Waals surface area contributed by atoms with Crippen LogP contribution >= 0.6 is 0 Å². The number of amides is 2. The Bertz CT molecular complexity index is 578. The number of carbonyl (C=O) groups excluding carboxylic acids is 2. The summed E-state index contributed by atoms with van der Waals surface area (Å²) in [5.41, 5.74) is 1.67. The Morgan fingerprint density at radius 2 is 1.96 bits per heavy atom. The first-order chi connectivity index (χ1) is 10.9. The fourth-order valence-corrected chi connectivity index (χ4v) is 2.87. The zero-order valence-corrected chi connectivity index (χ0v) is 14.5. The number of benzene rings is 1. The van der Waals surface area contributed by atoms with Crippen molar-refractivity contribution in [2.75, 3.05) is 31.6 Å². The number of ether oxygens (including phenoxy) is 1. The predicted molar refractivity (Wildman–Crippen MR) is 90.7 cm³/mol. The third-order valence-corrected chi connectivity index (χ3v) is 4.43. The second-order valence-corrected chi connectivity index (χ2v) is 6.34. The Balaban J connectivity index is 2.18. The molecule has 0 aliphatic carbocycles. The third kappa shape index (κ3) is 4.24. The van der Waals surface area contributed by atoms with E-state index in [2.05, 4.69) is 6.92 Å². The van der Waals surface area contributed by atoms with Gasteiger partial charge in [0.15, 0.2) is 0 Å². The highest BCUT2D eigenvalue weighted by Crippen LogP contribution is 2.29. The number of anilines is 1. The van der Waals surface area contributed by atoms with Crippen molar-refractivity contribution < 1.29 is 14.3 Å². The van der Waals surface area contributed by atoms with Crippen LogP contribution in [0.15, 0.2) is 18.2 Å². The molecule has 2 rings (SSSR count). The molecule has 1 saturated heterocycles. The molecule has 0 unspecified atom stereocenters. The number of aryl methyl sites for hydroxylation is 1. The molecular weight excluding hydrogens is 292 g/mol. The quantitative estimate of drug-likeness (QED) is 0.857. The van der Waals surface area contributed by atoms with E-state index >= 15 is 0 Å². The van der Waals surface area contributed by atoms with Crippen LogP contribution in [0.25, 0.3) is 0 Å². The molecule has 1 aromatic carbocycles. The van der Waals surface area contributed by atoms with Crippen LogP contribution in [0.1, 0.15) is 32.3 Å². The summed E-state index contributed by atoms with van der Waals surface area (Å²) in [6.45, 7) is 7.25. The molecule has 1 aliphatic rings. The molecule has 1 fully saturated rings. The standard InChI is InChI=1S/C18H26N2O3/c1-13-7-9-19(10-8-13)18(22)12-20(15(3)21)16-11-14(2)5-6-17(16)23-4/h5-6,11,13H,7-10,12H2,1-4H3. The topological polar surface area (TPSA) is 49.9 Å². The van der Waals surface area contributed by atoms with E-state index in [1.807, 2.05) is 30.0 Å². The number of nitrogens with zero attached hydrogens (tertiary/aromatic N) is 2. The van der Waals surface area contributed by atoms with Crippen LogP contribution in [0.4, 0.5) is 5.69 Å². The average molecular weight is 318 g/mol. The molecule has 1 heterocycles. The van der Waals surface area contributed by atoms with Gasteiger partial charge in [0.25, 0.3) is 0 Å². The lowest BCUT2D eigenvalue weighted by Gasteiger charge is -2.32. The zero-order valence-electron chi connectivity index (χ0n) is 14.5. The van der Waals surface area contributed by atoms with Gasteiger partial charge in [-0.05, 0) is 43.4 Å². The largest absolute Gasteiger partial charge is 0.495 e. The second kappa shape index (κ2) is 7.49. The molecule has 0 radical (unpaired) electrons. The molecule has 5 nitrogen and oxygen atoms in total. The molecule has 1 aromatic rings. The van der Waals surface area contributed by atoms with Gasteiger partial charge in [0.05, 0.1) is 12.8 Å². The Kier molecular flexibility index (Phi) is 5.64. The molecule has 0 atom stereocenters. The molecule has 0 saturated carbocycles. The van der Waals surface area contributed by atoms with E-state index in [9.17, 15) is 9.59 Å². The van der Waals surface area contributed by atoms with Gasteiger partial charge in [0, 0.05) is 20.0 Å². The molecule has 0 N–H and O–H groups in total. The van der Waals surface area contributed by atoms with Crippen molar-refractivity contribution in [3.8, 4) is 5.75 Å². The SMILES string of the molecule is COc1ccc(C)cc1N(CC(=O)N1CCC(C)CC1)C(C)=O. The molecule has 126 valence electrons. The summed E-state index contributed by atoms with van der Waals surface area (Å²) in [5, 5.41) is 0. The minimum atomic E-state index is -0.160. The maximum absolute atomic E-state index is 12.6. The molecule has 0 aromatic heterocycles. The first-order valence-corrected chi connectivity index (χ1v) is 8.13. The Morgan fingerprint density at radius 3 is 2.52 bits per heavy atom. The molecule has 23 heavy (non-hydrogen) atoms. The number of hydrogen-bond acceptors (Lipinski definition) is 3. The molecule has 0 spiro atoms. The van der Waals surface area contributed by atoms with Gasteiger partial charge in [-0.2, -0.15) is 0 Å². The van der Waals surface area contributed by atoms with Crippen molar-refractivity contribution in [3.63, 3.8) is 0 Å². The summed E-state index contributed by atoms with van der Waals surface area (Å²) in [7, 11) is 1.57. The van der Waals surface area contributed by atoms with Gasteiger partial charge in [-0.1, -0.05) is 13.0 Å². The van der Waals surface area contributed by atoms with Gasteiger partial charge < -0.3 is 9.64 Å². The summed E-state index contributed by atoms with van der Waals surface area (Å²) in [6, 6.07) is 5.63. The minimum Gasteiger partial charge on any atom is -0.495 e. The van der Waals surface area contributed by atoms with Crippen LogP contribution in [0.2, 0.25) is 0 Å². The number of hydrogen-bond donors (Lipinski definition) is 0. The Hall–Kier alpha value is -2.04. The van der Waals surface area contributed by atoms with Gasteiger partial charge in [0.1, 0.15) is 12.3 Å². The highest BCUT2D eigenvalue weighted by atomic mass is 16.5. The number of carbonyl (C=O) groups is 2. The lowest BCUT2D eigenvalue weighted by atomic mass is 9.99. The molecule has 1 aliphatic heterocycles.